The number of alkyl halides is 3. The molecule has 1 heterocycles. The Morgan fingerprint density at radius 3 is 2.79 bits per heavy atom. The highest BCUT2D eigenvalue weighted by molar-refractivity contribution is 5.94. The Morgan fingerprint density at radius 1 is 1.29 bits per heavy atom. The number of urea groups is 1. The zero-order chi connectivity index (χ0) is 20.6. The number of halogens is 3. The predicted molar refractivity (Wildman–Crippen MR) is 95.8 cm³/mol. The van der Waals surface area contributed by atoms with Crippen molar-refractivity contribution in [2.45, 2.75) is 31.7 Å². The van der Waals surface area contributed by atoms with Crippen LogP contribution in [0.4, 0.5) is 23.7 Å². The van der Waals surface area contributed by atoms with Gasteiger partial charge in [0.1, 0.15) is 12.6 Å². The molecule has 3 amide bonds. The van der Waals surface area contributed by atoms with E-state index in [1.54, 1.807) is 25.3 Å². The topological polar surface area (TPSA) is 79.9 Å². The molecule has 1 fully saturated rings. The van der Waals surface area contributed by atoms with Crippen LogP contribution in [0, 0.1) is 0 Å². The molecule has 7 nitrogen and oxygen atoms in total. The lowest BCUT2D eigenvalue weighted by molar-refractivity contribution is -0.140. The summed E-state index contributed by atoms with van der Waals surface area (Å²) in [5, 5.41) is 4.53. The standard InChI is InChI=1S/C18H24F3N3O4/c1-27-8-9-28-11-13-4-2-5-14(10-13)23-17(26)24-7-3-6-15(24)16(25)22-12-18(19,20)21/h2,4-5,10,15H,3,6-9,11-12H2,1H3,(H,22,25)(H,23,26). The third-order valence-electron chi connectivity index (χ3n) is 4.16. The third-order valence-corrected chi connectivity index (χ3v) is 4.16. The lowest BCUT2D eigenvalue weighted by Gasteiger charge is -2.24. The highest BCUT2D eigenvalue weighted by atomic mass is 19.4. The quantitative estimate of drug-likeness (QED) is 0.654. The van der Waals surface area contributed by atoms with E-state index >= 15 is 0 Å². The Balaban J connectivity index is 1.91. The van der Waals surface area contributed by atoms with Crippen molar-refractivity contribution in [3.8, 4) is 0 Å². The molecule has 1 aliphatic rings. The van der Waals surface area contributed by atoms with Gasteiger partial charge in [-0.1, -0.05) is 12.1 Å². The number of ether oxygens (including phenoxy) is 2. The van der Waals surface area contributed by atoms with Gasteiger partial charge >= 0.3 is 12.2 Å². The second-order valence-corrected chi connectivity index (χ2v) is 6.36. The van der Waals surface area contributed by atoms with Crippen LogP contribution in [-0.2, 0) is 20.9 Å². The number of methoxy groups -OCH3 is 1. The number of nitrogens with zero attached hydrogens (tertiary/aromatic N) is 1. The number of nitrogens with one attached hydrogen (secondary N) is 2. The Bertz CT molecular complexity index is 670. The van der Waals surface area contributed by atoms with Gasteiger partial charge in [0, 0.05) is 19.3 Å². The van der Waals surface area contributed by atoms with Crippen molar-refractivity contribution in [1.82, 2.24) is 10.2 Å². The SMILES string of the molecule is COCCOCc1cccc(NC(=O)N2CCCC2C(=O)NCC(F)(F)F)c1. The van der Waals surface area contributed by atoms with E-state index in [9.17, 15) is 22.8 Å². The van der Waals surface area contributed by atoms with Gasteiger partial charge in [-0.15, -0.1) is 0 Å². The molecule has 1 aliphatic heterocycles. The number of rotatable bonds is 8. The van der Waals surface area contributed by atoms with E-state index in [1.165, 1.54) is 4.90 Å². The summed E-state index contributed by atoms with van der Waals surface area (Å²) in [7, 11) is 1.58. The summed E-state index contributed by atoms with van der Waals surface area (Å²) in [5.41, 5.74) is 1.36. The summed E-state index contributed by atoms with van der Waals surface area (Å²) in [5.74, 6) is -0.801. The molecule has 1 saturated heterocycles. The van der Waals surface area contributed by atoms with Gasteiger partial charge in [-0.25, -0.2) is 4.79 Å². The maximum Gasteiger partial charge on any atom is 0.405 e. The fraction of sp³-hybridized carbons (Fsp3) is 0.556. The number of benzene rings is 1. The van der Waals surface area contributed by atoms with Crippen LogP contribution in [0.5, 0.6) is 0 Å². The van der Waals surface area contributed by atoms with Gasteiger partial charge in [-0.2, -0.15) is 13.2 Å². The van der Waals surface area contributed by atoms with Crippen LogP contribution in [0.2, 0.25) is 0 Å². The maximum absolute atomic E-state index is 12.5. The molecule has 0 spiro atoms. The van der Waals surface area contributed by atoms with Crippen LogP contribution in [0.25, 0.3) is 0 Å². The van der Waals surface area contributed by atoms with Crippen molar-refractivity contribution < 1.29 is 32.2 Å². The summed E-state index contributed by atoms with van der Waals surface area (Å²) in [6.45, 7) is 0.149. The molecule has 1 aromatic rings. The van der Waals surface area contributed by atoms with Crippen molar-refractivity contribution in [3.63, 3.8) is 0 Å². The maximum atomic E-state index is 12.5. The molecule has 0 radical (unpaired) electrons. The number of carbonyl (C=O) groups excluding carboxylic acids is 2. The molecule has 0 aliphatic carbocycles. The van der Waals surface area contributed by atoms with Crippen LogP contribution >= 0.6 is 0 Å². The zero-order valence-electron chi connectivity index (χ0n) is 15.6. The minimum atomic E-state index is -4.49. The van der Waals surface area contributed by atoms with Crippen molar-refractivity contribution in [2.24, 2.45) is 0 Å². The zero-order valence-corrected chi connectivity index (χ0v) is 15.6. The average Bonchev–Trinajstić information content (AvgIpc) is 3.13. The van der Waals surface area contributed by atoms with E-state index in [0.717, 1.165) is 5.56 Å². The number of hydrogen-bond acceptors (Lipinski definition) is 4. The lowest BCUT2D eigenvalue weighted by Crippen LogP contribution is -2.49. The molecular formula is C18H24F3N3O4. The molecule has 10 heteroatoms. The molecule has 0 bridgehead atoms. The van der Waals surface area contributed by atoms with Crippen molar-refractivity contribution in [3.05, 3.63) is 29.8 Å². The summed E-state index contributed by atoms with van der Waals surface area (Å²) < 4.78 is 47.2. The summed E-state index contributed by atoms with van der Waals surface area (Å²) >= 11 is 0. The molecule has 1 unspecified atom stereocenters. The monoisotopic (exact) mass is 403 g/mol. The molecule has 0 aromatic heterocycles. The van der Waals surface area contributed by atoms with Crippen LogP contribution in [0.3, 0.4) is 0 Å². The van der Waals surface area contributed by atoms with Crippen LogP contribution < -0.4 is 10.6 Å². The minimum absolute atomic E-state index is 0.301. The van der Waals surface area contributed by atoms with Crippen LogP contribution in [0.15, 0.2) is 24.3 Å². The van der Waals surface area contributed by atoms with E-state index in [1.807, 2.05) is 11.4 Å². The number of carbonyl (C=O) groups is 2. The van der Waals surface area contributed by atoms with E-state index in [-0.39, 0.29) is 0 Å². The lowest BCUT2D eigenvalue weighted by atomic mass is 10.2. The summed E-state index contributed by atoms with van der Waals surface area (Å²) in [6, 6.07) is 5.57. The predicted octanol–water partition coefficient (Wildman–Crippen LogP) is 2.52. The Morgan fingerprint density at radius 2 is 2.07 bits per heavy atom. The van der Waals surface area contributed by atoms with Crippen molar-refractivity contribution in [2.75, 3.05) is 38.7 Å². The smallest absolute Gasteiger partial charge is 0.382 e. The Labute approximate surface area is 161 Å². The second kappa shape index (κ2) is 10.3. The molecular weight excluding hydrogens is 379 g/mol. The molecule has 2 N–H and O–H groups in total. The Hall–Kier alpha value is -2.33. The highest BCUT2D eigenvalue weighted by Gasteiger charge is 2.36. The molecule has 0 saturated carbocycles. The van der Waals surface area contributed by atoms with Crippen molar-refractivity contribution >= 4 is 17.6 Å². The summed E-state index contributed by atoms with van der Waals surface area (Å²) in [6.07, 6.45) is -3.62. The first-order valence-electron chi connectivity index (χ1n) is 8.88. The minimum Gasteiger partial charge on any atom is -0.382 e. The van der Waals surface area contributed by atoms with Gasteiger partial charge in [-0.3, -0.25) is 4.79 Å². The molecule has 2 rings (SSSR count). The average molecular weight is 403 g/mol. The fourth-order valence-electron chi connectivity index (χ4n) is 2.85. The number of hydrogen-bond donors (Lipinski definition) is 2. The number of anilines is 1. The fourth-order valence-corrected chi connectivity index (χ4v) is 2.85. The van der Waals surface area contributed by atoms with Crippen LogP contribution in [-0.4, -0.2) is 62.5 Å². The van der Waals surface area contributed by atoms with Gasteiger partial charge < -0.3 is 25.0 Å². The van der Waals surface area contributed by atoms with E-state index in [4.69, 9.17) is 9.47 Å². The second-order valence-electron chi connectivity index (χ2n) is 6.36. The van der Waals surface area contributed by atoms with E-state index in [2.05, 4.69) is 5.32 Å². The normalized spacial score (nSPS) is 16.9. The van der Waals surface area contributed by atoms with Gasteiger partial charge in [0.2, 0.25) is 5.91 Å². The first-order valence-corrected chi connectivity index (χ1v) is 8.88. The van der Waals surface area contributed by atoms with Gasteiger partial charge in [0.25, 0.3) is 0 Å². The molecule has 1 atom stereocenters. The number of amides is 3. The van der Waals surface area contributed by atoms with Gasteiger partial charge in [0.05, 0.1) is 19.8 Å². The van der Waals surface area contributed by atoms with Crippen LogP contribution in [0.1, 0.15) is 18.4 Å². The van der Waals surface area contributed by atoms with E-state index in [0.29, 0.717) is 44.9 Å². The van der Waals surface area contributed by atoms with Gasteiger partial charge in [0.15, 0.2) is 0 Å². The summed E-state index contributed by atoms with van der Waals surface area (Å²) in [4.78, 5) is 25.8. The molecule has 28 heavy (non-hydrogen) atoms. The molecule has 1 aromatic carbocycles. The van der Waals surface area contributed by atoms with Gasteiger partial charge in [-0.05, 0) is 30.5 Å². The van der Waals surface area contributed by atoms with E-state index < -0.39 is 30.7 Å². The molecule has 156 valence electrons. The first kappa shape index (κ1) is 22.0. The first-order chi connectivity index (χ1) is 13.3. The van der Waals surface area contributed by atoms with Crippen molar-refractivity contribution in [1.29, 1.82) is 0 Å². The highest BCUT2D eigenvalue weighted by Crippen LogP contribution is 2.21. The number of likely N-dealkylation sites (tertiary alicyclic amines) is 1. The third kappa shape index (κ3) is 7.01. The Kier molecular flexibility index (Phi) is 8.06. The largest absolute Gasteiger partial charge is 0.405 e.